The highest BCUT2D eigenvalue weighted by Crippen LogP contribution is 2.54. The maximum atomic E-state index is 12.2. The molecule has 0 heterocycles. The third-order valence-electron chi connectivity index (χ3n) is 2.61. The van der Waals surface area contributed by atoms with Crippen molar-refractivity contribution in [3.05, 3.63) is 33.4 Å². The van der Waals surface area contributed by atoms with Gasteiger partial charge in [0.2, 0.25) is 0 Å². The Hall–Kier alpha value is -0.980. The van der Waals surface area contributed by atoms with Gasteiger partial charge in [0, 0.05) is 0 Å². The predicted molar refractivity (Wildman–Crippen MR) is 62.1 cm³/mol. The summed E-state index contributed by atoms with van der Waals surface area (Å²) >= 11 is 1.68. The Morgan fingerprint density at radius 2 is 1.07 bits per heavy atom. The van der Waals surface area contributed by atoms with Gasteiger partial charge in [-0.2, -0.15) is 52.7 Å². The molecule has 28 heavy (non-hydrogen) atoms. The Morgan fingerprint density at radius 1 is 0.714 bits per heavy atom. The van der Waals surface area contributed by atoms with Gasteiger partial charge in [-0.1, -0.05) is 0 Å². The van der Waals surface area contributed by atoms with E-state index in [4.69, 9.17) is 0 Å². The molecule has 0 radical (unpaired) electrons. The lowest BCUT2D eigenvalue weighted by atomic mass is 10.1. The molecular weight excluding hydrogens is 567 g/mol. The van der Waals surface area contributed by atoms with Crippen LogP contribution in [0.2, 0.25) is 0 Å². The lowest BCUT2D eigenvalue weighted by molar-refractivity contribution is -0.382. The molecular formula is C11H5F12IO3S. The second kappa shape index (κ2) is 8.04. The normalized spacial score (nSPS) is 14.4. The number of alkyl halides is 12. The molecule has 0 aliphatic heterocycles. The fourth-order valence-electron chi connectivity index (χ4n) is 1.16. The zero-order valence-electron chi connectivity index (χ0n) is 12.4. The zero-order valence-corrected chi connectivity index (χ0v) is 15.5. The average Bonchev–Trinajstić information content (AvgIpc) is 2.44. The summed E-state index contributed by atoms with van der Waals surface area (Å²) in [6, 6.07) is 5.07. The molecule has 0 saturated heterocycles. The van der Waals surface area contributed by atoms with Crippen molar-refractivity contribution < 1.29 is 88.2 Å². The monoisotopic (exact) mass is 572 g/mol. The Kier molecular flexibility index (Phi) is 7.76. The summed E-state index contributed by atoms with van der Waals surface area (Å²) in [4.78, 5) is 0. The molecule has 17 heteroatoms. The predicted octanol–water partition coefficient (Wildman–Crippen LogP) is 1.12. The molecule has 1 aromatic carbocycles. The first kappa shape index (κ1) is 27.0. The van der Waals surface area contributed by atoms with E-state index < -0.39 is 45.1 Å². The maximum Gasteiger partial charge on any atom is 0.460 e. The molecule has 1 aromatic rings. The summed E-state index contributed by atoms with van der Waals surface area (Å²) in [6.07, 6.45) is -11.4. The third-order valence-corrected chi connectivity index (χ3v) is 4.27. The molecule has 0 N–H and O–H groups in total. The van der Waals surface area contributed by atoms with Crippen LogP contribution in [0.3, 0.4) is 0 Å². The van der Waals surface area contributed by atoms with Crippen molar-refractivity contribution in [2.24, 2.45) is 0 Å². The Labute approximate surface area is 161 Å². The van der Waals surface area contributed by atoms with Crippen molar-refractivity contribution >= 4 is 10.1 Å². The maximum absolute atomic E-state index is 12.2. The first-order chi connectivity index (χ1) is 12.0. The third kappa shape index (κ3) is 5.55. The van der Waals surface area contributed by atoms with E-state index >= 15 is 0 Å². The standard InChI is InChI=1S/C7H5F3I.C4HF9O3S/c8-7(9,10)5-1-3-6(11)4-2-5;5-1(6,3(9,10)11)2(7,8)4(12,13)17(14,15)16/h1-4,11H;(H,14,15,16)/q+1;/p-1. The molecule has 0 spiro atoms. The highest BCUT2D eigenvalue weighted by molar-refractivity contribution is 7.86. The van der Waals surface area contributed by atoms with Crippen molar-refractivity contribution in [1.29, 1.82) is 0 Å². The number of benzene rings is 1. The summed E-state index contributed by atoms with van der Waals surface area (Å²) < 4.78 is 172. The van der Waals surface area contributed by atoms with Crippen molar-refractivity contribution in [1.82, 2.24) is 0 Å². The summed E-state index contributed by atoms with van der Waals surface area (Å²) in [7, 11) is -7.42. The Bertz CT molecular complexity index is 767. The SMILES string of the molecule is FC(F)(F)c1ccc([IH+])cc1.O=S(=O)([O-])C(F)(F)C(F)(F)C(F)(F)C(F)(F)F. The molecule has 0 aliphatic rings. The molecule has 0 amide bonds. The molecule has 3 nitrogen and oxygen atoms in total. The van der Waals surface area contributed by atoms with Gasteiger partial charge in [-0.3, -0.25) is 0 Å². The summed E-state index contributed by atoms with van der Waals surface area (Å²) in [5, 5.41) is -7.11. The van der Waals surface area contributed by atoms with Gasteiger partial charge in [-0.05, 0) is 24.3 Å². The average molecular weight is 572 g/mol. The largest absolute Gasteiger partial charge is 0.743 e. The van der Waals surface area contributed by atoms with Crippen LogP contribution in [0, 0.1) is 3.57 Å². The molecule has 164 valence electrons. The molecule has 1 rings (SSSR count). The fraction of sp³-hybridized carbons (Fsp3) is 0.455. The van der Waals surface area contributed by atoms with Gasteiger partial charge in [-0.15, -0.1) is 0 Å². The molecule has 0 saturated carbocycles. The first-order valence-electron chi connectivity index (χ1n) is 6.00. The lowest BCUT2D eigenvalue weighted by Crippen LogP contribution is -3.34. The number of hydrogen-bond acceptors (Lipinski definition) is 3. The molecule has 0 unspecified atom stereocenters. The van der Waals surface area contributed by atoms with E-state index in [-0.39, 0.29) is 0 Å². The minimum Gasteiger partial charge on any atom is -0.743 e. The minimum atomic E-state index is -7.43. The van der Waals surface area contributed by atoms with Crippen molar-refractivity contribution in [3.63, 3.8) is 0 Å². The summed E-state index contributed by atoms with van der Waals surface area (Å²) in [5.41, 5.74) is -0.593. The highest BCUT2D eigenvalue weighted by atomic mass is 127. The molecule has 0 aromatic heterocycles. The minimum absolute atomic E-state index is 0.593. The van der Waals surface area contributed by atoms with E-state index in [0.717, 1.165) is 15.7 Å². The summed E-state index contributed by atoms with van der Waals surface area (Å²) in [6.45, 7) is 0. The van der Waals surface area contributed by atoms with Gasteiger partial charge in [0.1, 0.15) is 0 Å². The van der Waals surface area contributed by atoms with Crippen LogP contribution < -0.4 is 22.6 Å². The van der Waals surface area contributed by atoms with Gasteiger partial charge in [0.25, 0.3) is 22.6 Å². The van der Waals surface area contributed by atoms with Crippen LogP contribution in [0.15, 0.2) is 24.3 Å². The topological polar surface area (TPSA) is 57.2 Å². The van der Waals surface area contributed by atoms with E-state index in [9.17, 15) is 65.7 Å². The number of rotatable bonds is 3. The second-order valence-corrected chi connectivity index (χ2v) is 7.41. The lowest BCUT2D eigenvalue weighted by Gasteiger charge is -2.34. The van der Waals surface area contributed by atoms with Crippen LogP contribution in [0.1, 0.15) is 5.56 Å². The molecule has 0 fully saturated rings. The molecule has 0 bridgehead atoms. The van der Waals surface area contributed by atoms with Crippen molar-refractivity contribution in [3.8, 4) is 0 Å². The van der Waals surface area contributed by atoms with Gasteiger partial charge in [-0.25, -0.2) is 8.42 Å². The van der Waals surface area contributed by atoms with Crippen LogP contribution in [-0.2, 0) is 16.3 Å². The van der Waals surface area contributed by atoms with Crippen LogP contribution >= 0.6 is 0 Å². The van der Waals surface area contributed by atoms with Gasteiger partial charge >= 0.3 is 29.5 Å². The quantitative estimate of drug-likeness (QED) is 0.310. The van der Waals surface area contributed by atoms with E-state index in [1.54, 1.807) is 22.6 Å². The van der Waals surface area contributed by atoms with Crippen LogP contribution in [-0.4, -0.2) is 36.2 Å². The number of hydrogen-bond donors (Lipinski definition) is 0. The summed E-state index contributed by atoms with van der Waals surface area (Å²) in [5.74, 6) is -14.8. The van der Waals surface area contributed by atoms with E-state index in [0.29, 0.717) is 0 Å². The van der Waals surface area contributed by atoms with Crippen LogP contribution in [0.5, 0.6) is 0 Å². The first-order valence-corrected chi connectivity index (χ1v) is 8.57. The second-order valence-electron chi connectivity index (χ2n) is 4.64. The molecule has 0 aliphatic carbocycles. The van der Waals surface area contributed by atoms with Crippen molar-refractivity contribution in [2.45, 2.75) is 29.5 Å². The van der Waals surface area contributed by atoms with E-state index in [1.165, 1.54) is 12.1 Å². The Balaban J connectivity index is 0.000000567. The van der Waals surface area contributed by atoms with E-state index in [2.05, 4.69) is 0 Å². The highest BCUT2D eigenvalue weighted by Gasteiger charge is 2.83. The van der Waals surface area contributed by atoms with Gasteiger partial charge in [0.05, 0.1) is 5.56 Å². The smallest absolute Gasteiger partial charge is 0.460 e. The van der Waals surface area contributed by atoms with Crippen LogP contribution in [0.4, 0.5) is 52.7 Å². The van der Waals surface area contributed by atoms with Gasteiger partial charge < -0.3 is 4.55 Å². The van der Waals surface area contributed by atoms with Crippen LogP contribution in [0.25, 0.3) is 0 Å². The fourth-order valence-corrected chi connectivity index (χ4v) is 1.99. The Morgan fingerprint density at radius 3 is 1.32 bits per heavy atom. The van der Waals surface area contributed by atoms with Crippen molar-refractivity contribution in [2.75, 3.05) is 0 Å². The molecule has 0 atom stereocenters. The number of halogens is 13. The van der Waals surface area contributed by atoms with E-state index in [1.807, 2.05) is 0 Å². The van der Waals surface area contributed by atoms with Gasteiger partial charge in [0.15, 0.2) is 13.7 Å². The zero-order chi connectivity index (χ0) is 23.0.